The van der Waals surface area contributed by atoms with Crippen molar-refractivity contribution in [2.24, 2.45) is 0 Å². The molecule has 0 bridgehead atoms. The van der Waals surface area contributed by atoms with Crippen molar-refractivity contribution >= 4 is 29.8 Å². The van der Waals surface area contributed by atoms with Gasteiger partial charge in [0.1, 0.15) is 18.8 Å². The molecule has 32 heavy (non-hydrogen) atoms. The molecule has 0 aromatic rings. The molecule has 0 radical (unpaired) electrons. The summed E-state index contributed by atoms with van der Waals surface area (Å²) in [4.78, 5) is 58.4. The molecule has 1 rings (SSSR count). The summed E-state index contributed by atoms with van der Waals surface area (Å²) < 4.78 is 32.1. The molecular weight excluding hydrogens is 432 g/mol. The number of carbonyl (C=O) groups excluding carboxylic acids is 5. The largest absolute Gasteiger partial charge is 0.462 e. The van der Waals surface area contributed by atoms with Crippen LogP contribution in [0.25, 0.3) is 0 Å². The number of rotatable bonds is 9. The van der Waals surface area contributed by atoms with Crippen molar-refractivity contribution < 1.29 is 57.5 Å². The molecule has 0 amide bonds. The Kier molecular flexibility index (Phi) is 10.5. The first-order valence-corrected chi connectivity index (χ1v) is 9.97. The Bertz CT molecular complexity index is 703. The summed E-state index contributed by atoms with van der Waals surface area (Å²) in [5.74, 6) is -3.71. The molecule has 1 saturated heterocycles. The van der Waals surface area contributed by atoms with Crippen LogP contribution < -0.4 is 0 Å². The van der Waals surface area contributed by atoms with Crippen molar-refractivity contribution in [3.63, 3.8) is 0 Å². The van der Waals surface area contributed by atoms with Crippen LogP contribution in [0, 0.1) is 0 Å². The molecule has 12 nitrogen and oxygen atoms in total. The number of aliphatic hydroxyl groups excluding tert-OH is 1. The lowest BCUT2D eigenvalue weighted by atomic mass is 9.89. The van der Waals surface area contributed by atoms with Gasteiger partial charge in [0.25, 0.3) is 0 Å². The van der Waals surface area contributed by atoms with Gasteiger partial charge in [0, 0.05) is 41.0 Å². The van der Waals surface area contributed by atoms with Crippen LogP contribution in [-0.4, -0.2) is 84.3 Å². The maximum Gasteiger partial charge on any atom is 0.303 e. The van der Waals surface area contributed by atoms with Gasteiger partial charge in [-0.25, -0.2) is 0 Å². The van der Waals surface area contributed by atoms with Crippen molar-refractivity contribution in [1.82, 2.24) is 0 Å². The molecule has 0 aromatic heterocycles. The highest BCUT2D eigenvalue weighted by Gasteiger charge is 2.54. The van der Waals surface area contributed by atoms with E-state index in [1.54, 1.807) is 0 Å². The van der Waals surface area contributed by atoms with Gasteiger partial charge in [-0.1, -0.05) is 0 Å². The van der Waals surface area contributed by atoms with Crippen molar-refractivity contribution in [3.8, 4) is 0 Å². The fourth-order valence-electron chi connectivity index (χ4n) is 3.36. The van der Waals surface area contributed by atoms with Crippen molar-refractivity contribution in [3.05, 3.63) is 0 Å². The summed E-state index contributed by atoms with van der Waals surface area (Å²) >= 11 is 0. The average molecular weight is 462 g/mol. The molecule has 1 heterocycles. The van der Waals surface area contributed by atoms with Gasteiger partial charge >= 0.3 is 29.8 Å². The van der Waals surface area contributed by atoms with Gasteiger partial charge in [-0.2, -0.15) is 0 Å². The smallest absolute Gasteiger partial charge is 0.303 e. The third-order valence-electron chi connectivity index (χ3n) is 4.28. The first-order chi connectivity index (χ1) is 14.8. The maximum atomic E-state index is 11.8. The predicted octanol–water partition coefficient (Wildman–Crippen LogP) is -0.185. The second-order valence-corrected chi connectivity index (χ2v) is 7.40. The van der Waals surface area contributed by atoms with E-state index in [4.69, 9.17) is 28.4 Å². The zero-order chi connectivity index (χ0) is 24.6. The minimum atomic E-state index is -1.40. The number of hydrogen-bond donors (Lipinski definition) is 1. The first-order valence-electron chi connectivity index (χ1n) is 9.97. The standard InChI is InChI=1S/C20H30O12/c1-9(21)7-15-17(29-12(4)24)19(30-13(5)25)20(31-14(6)26)18(32-15)16(28-11(3)23)8-27-10(2)22/h9,15-21H,7-8H2,1-6H3/t9-,15+,16+,17-,18-,19-,20-/m1/s1. The van der Waals surface area contributed by atoms with Crippen molar-refractivity contribution in [2.75, 3.05) is 6.61 Å². The molecule has 0 aliphatic carbocycles. The van der Waals surface area contributed by atoms with Crippen LogP contribution >= 0.6 is 0 Å². The Morgan fingerprint density at radius 3 is 1.72 bits per heavy atom. The lowest BCUT2D eigenvalue weighted by Gasteiger charge is -2.46. The zero-order valence-corrected chi connectivity index (χ0v) is 18.9. The lowest BCUT2D eigenvalue weighted by molar-refractivity contribution is -0.268. The summed E-state index contributed by atoms with van der Waals surface area (Å²) in [6.07, 6.45) is -8.62. The highest BCUT2D eigenvalue weighted by molar-refractivity contribution is 5.69. The lowest BCUT2D eigenvalue weighted by Crippen LogP contribution is -2.65. The third kappa shape index (κ3) is 8.79. The molecule has 12 heteroatoms. The van der Waals surface area contributed by atoms with Gasteiger partial charge in [-0.15, -0.1) is 0 Å². The van der Waals surface area contributed by atoms with Crippen LogP contribution in [0.4, 0.5) is 0 Å². The summed E-state index contributed by atoms with van der Waals surface area (Å²) in [5, 5.41) is 9.91. The highest BCUT2D eigenvalue weighted by Crippen LogP contribution is 2.33. The number of esters is 5. The van der Waals surface area contributed by atoms with Gasteiger partial charge in [0.2, 0.25) is 0 Å². The van der Waals surface area contributed by atoms with Crippen LogP contribution in [0.3, 0.4) is 0 Å². The van der Waals surface area contributed by atoms with Gasteiger partial charge in [0.05, 0.1) is 6.10 Å². The Morgan fingerprint density at radius 2 is 1.28 bits per heavy atom. The molecule has 0 aromatic carbocycles. The fourth-order valence-corrected chi connectivity index (χ4v) is 3.36. The van der Waals surface area contributed by atoms with Crippen LogP contribution in [0.5, 0.6) is 0 Å². The molecular formula is C20H30O12. The van der Waals surface area contributed by atoms with E-state index in [0.29, 0.717) is 0 Å². The number of carbonyl (C=O) groups is 5. The highest BCUT2D eigenvalue weighted by atomic mass is 16.7. The Balaban J connectivity index is 3.51. The summed E-state index contributed by atoms with van der Waals surface area (Å²) in [5.41, 5.74) is 0. The quantitative estimate of drug-likeness (QED) is 0.356. The van der Waals surface area contributed by atoms with Crippen LogP contribution in [0.15, 0.2) is 0 Å². The molecule has 0 unspecified atom stereocenters. The Hall–Kier alpha value is -2.73. The molecule has 1 aliphatic heterocycles. The Morgan fingerprint density at radius 1 is 0.781 bits per heavy atom. The monoisotopic (exact) mass is 462 g/mol. The molecule has 1 N–H and O–H groups in total. The third-order valence-corrected chi connectivity index (χ3v) is 4.28. The van der Waals surface area contributed by atoms with E-state index in [9.17, 15) is 29.1 Å². The molecule has 0 saturated carbocycles. The van der Waals surface area contributed by atoms with E-state index in [-0.39, 0.29) is 6.42 Å². The molecule has 1 fully saturated rings. The summed E-state index contributed by atoms with van der Waals surface area (Å²) in [6.45, 7) is 6.59. The minimum absolute atomic E-state index is 0.0701. The second kappa shape index (κ2) is 12.3. The number of hydrogen-bond acceptors (Lipinski definition) is 12. The predicted molar refractivity (Wildman–Crippen MR) is 104 cm³/mol. The zero-order valence-electron chi connectivity index (χ0n) is 18.9. The molecule has 0 spiro atoms. The SMILES string of the molecule is CC(=O)OC[C@H](OC(C)=O)[C@H]1O[C@@H](C[C@@H](C)O)[C@@H](OC(C)=O)[C@@H](OC(C)=O)[C@@H]1OC(C)=O. The van der Waals surface area contributed by atoms with Gasteiger partial charge in [-0.3, -0.25) is 24.0 Å². The van der Waals surface area contributed by atoms with Gasteiger partial charge in [-0.05, 0) is 6.92 Å². The first kappa shape index (κ1) is 27.3. The van der Waals surface area contributed by atoms with Crippen molar-refractivity contribution in [2.45, 2.75) is 90.7 Å². The topological polar surface area (TPSA) is 161 Å². The maximum absolute atomic E-state index is 11.8. The second-order valence-electron chi connectivity index (χ2n) is 7.40. The summed E-state index contributed by atoms with van der Waals surface area (Å²) in [6, 6.07) is 0. The molecule has 1 aliphatic rings. The summed E-state index contributed by atoms with van der Waals surface area (Å²) in [7, 11) is 0. The van der Waals surface area contributed by atoms with E-state index in [1.807, 2.05) is 0 Å². The number of ether oxygens (including phenoxy) is 6. The number of aliphatic hydroxyl groups is 1. The van der Waals surface area contributed by atoms with Crippen molar-refractivity contribution in [1.29, 1.82) is 0 Å². The van der Waals surface area contributed by atoms with E-state index in [1.165, 1.54) is 6.92 Å². The van der Waals surface area contributed by atoms with Crippen LogP contribution in [0.1, 0.15) is 48.0 Å². The van der Waals surface area contributed by atoms with E-state index < -0.39 is 79.2 Å². The fraction of sp³-hybridized carbons (Fsp3) is 0.750. The normalized spacial score (nSPS) is 26.8. The average Bonchev–Trinajstić information content (AvgIpc) is 2.61. The van der Waals surface area contributed by atoms with Gasteiger partial charge in [0.15, 0.2) is 24.4 Å². The van der Waals surface area contributed by atoms with E-state index >= 15 is 0 Å². The molecule has 182 valence electrons. The Labute approximate surface area is 185 Å². The van der Waals surface area contributed by atoms with E-state index in [2.05, 4.69) is 0 Å². The molecule has 7 atom stereocenters. The van der Waals surface area contributed by atoms with Crippen LogP contribution in [0.2, 0.25) is 0 Å². The van der Waals surface area contributed by atoms with Gasteiger partial charge < -0.3 is 33.5 Å². The van der Waals surface area contributed by atoms with Crippen LogP contribution in [-0.2, 0) is 52.4 Å². The minimum Gasteiger partial charge on any atom is -0.462 e. The van der Waals surface area contributed by atoms with E-state index in [0.717, 1.165) is 34.6 Å².